The molecule has 0 aliphatic carbocycles. The van der Waals surface area contributed by atoms with Crippen LogP contribution in [0.1, 0.15) is 11.1 Å². The predicted molar refractivity (Wildman–Crippen MR) is 60.7 cm³/mol. The molecule has 1 aromatic rings. The van der Waals surface area contributed by atoms with Gasteiger partial charge in [0, 0.05) is 18.0 Å². The fourth-order valence-electron chi connectivity index (χ4n) is 1.39. The van der Waals surface area contributed by atoms with Gasteiger partial charge in [-0.3, -0.25) is 0 Å². The van der Waals surface area contributed by atoms with Crippen LogP contribution in [0.25, 0.3) is 0 Å². The van der Waals surface area contributed by atoms with Crippen LogP contribution in [0.3, 0.4) is 0 Å². The van der Waals surface area contributed by atoms with E-state index in [2.05, 4.69) is 15.9 Å². The summed E-state index contributed by atoms with van der Waals surface area (Å²) >= 11 is 3.07. The minimum atomic E-state index is -4.35. The maximum absolute atomic E-state index is 12.4. The van der Waals surface area contributed by atoms with E-state index in [0.29, 0.717) is 10.0 Å². The number of aliphatic hydroxyl groups is 1. The first-order valence-corrected chi connectivity index (χ1v) is 5.66. The Labute approximate surface area is 106 Å². The Morgan fingerprint density at radius 3 is 2.53 bits per heavy atom. The van der Waals surface area contributed by atoms with Crippen LogP contribution in [-0.2, 0) is 17.3 Å². The summed E-state index contributed by atoms with van der Waals surface area (Å²) in [6.45, 7) is 0.146. The fraction of sp³-hybridized carbons (Fsp3) is 0.455. The number of ether oxygens (including phenoxy) is 1. The van der Waals surface area contributed by atoms with E-state index < -0.39 is 17.8 Å². The van der Waals surface area contributed by atoms with Gasteiger partial charge in [-0.2, -0.15) is 13.2 Å². The molecule has 1 N–H and O–H groups in total. The molecule has 2 nitrogen and oxygen atoms in total. The molecule has 0 amide bonds. The molecule has 0 aliphatic rings. The Morgan fingerprint density at radius 1 is 1.41 bits per heavy atom. The average molecular weight is 313 g/mol. The van der Waals surface area contributed by atoms with E-state index in [-0.39, 0.29) is 13.0 Å². The van der Waals surface area contributed by atoms with Crippen LogP contribution in [0, 0.1) is 0 Å². The Balaban J connectivity index is 2.83. The predicted octanol–water partition coefficient (Wildman–Crippen LogP) is 3.02. The van der Waals surface area contributed by atoms with E-state index in [4.69, 9.17) is 4.74 Å². The SMILES string of the molecule is COCC(O)Cc1ccc(C(F)(F)F)cc1Br. The average Bonchev–Trinajstić information content (AvgIpc) is 2.20. The van der Waals surface area contributed by atoms with Crippen molar-refractivity contribution in [2.45, 2.75) is 18.7 Å². The smallest absolute Gasteiger partial charge is 0.390 e. The van der Waals surface area contributed by atoms with Crippen molar-refractivity contribution in [1.82, 2.24) is 0 Å². The summed E-state index contributed by atoms with van der Waals surface area (Å²) in [7, 11) is 1.45. The van der Waals surface area contributed by atoms with Gasteiger partial charge in [0.15, 0.2) is 0 Å². The first kappa shape index (κ1) is 14.5. The minimum absolute atomic E-state index is 0.146. The summed E-state index contributed by atoms with van der Waals surface area (Å²) < 4.78 is 42.3. The third kappa shape index (κ3) is 4.29. The van der Waals surface area contributed by atoms with Crippen LogP contribution >= 0.6 is 15.9 Å². The lowest BCUT2D eigenvalue weighted by atomic mass is 10.1. The van der Waals surface area contributed by atoms with Crippen LogP contribution < -0.4 is 0 Å². The highest BCUT2D eigenvalue weighted by Crippen LogP contribution is 2.32. The Kier molecular flexibility index (Phi) is 4.97. The third-order valence-corrected chi connectivity index (χ3v) is 2.93. The van der Waals surface area contributed by atoms with E-state index >= 15 is 0 Å². The number of methoxy groups -OCH3 is 1. The quantitative estimate of drug-likeness (QED) is 0.926. The zero-order valence-electron chi connectivity index (χ0n) is 9.09. The molecule has 0 heterocycles. The van der Waals surface area contributed by atoms with Gasteiger partial charge in [0.2, 0.25) is 0 Å². The summed E-state index contributed by atoms with van der Waals surface area (Å²) in [5.74, 6) is 0. The second-order valence-electron chi connectivity index (χ2n) is 3.62. The van der Waals surface area contributed by atoms with Gasteiger partial charge in [0.25, 0.3) is 0 Å². The van der Waals surface area contributed by atoms with Crippen LogP contribution in [0.4, 0.5) is 13.2 Å². The number of hydrogen-bond donors (Lipinski definition) is 1. The summed E-state index contributed by atoms with van der Waals surface area (Å²) in [5, 5.41) is 9.49. The third-order valence-electron chi connectivity index (χ3n) is 2.19. The van der Waals surface area contributed by atoms with Crippen LogP contribution in [-0.4, -0.2) is 24.9 Å². The number of hydrogen-bond acceptors (Lipinski definition) is 2. The molecule has 6 heteroatoms. The molecule has 0 fully saturated rings. The number of alkyl halides is 3. The van der Waals surface area contributed by atoms with Crippen molar-refractivity contribution in [2.75, 3.05) is 13.7 Å². The van der Waals surface area contributed by atoms with Gasteiger partial charge in [0.05, 0.1) is 18.3 Å². The molecule has 1 unspecified atom stereocenters. The summed E-state index contributed by atoms with van der Waals surface area (Å²) in [5.41, 5.74) is -0.100. The zero-order chi connectivity index (χ0) is 13.1. The molecule has 0 saturated carbocycles. The van der Waals surface area contributed by atoms with E-state index in [1.54, 1.807) is 0 Å². The maximum Gasteiger partial charge on any atom is 0.416 e. The van der Waals surface area contributed by atoms with Gasteiger partial charge in [-0.1, -0.05) is 22.0 Å². The largest absolute Gasteiger partial charge is 0.416 e. The summed E-state index contributed by atoms with van der Waals surface area (Å²) in [4.78, 5) is 0. The summed E-state index contributed by atoms with van der Waals surface area (Å²) in [6.07, 6.45) is -4.84. The van der Waals surface area contributed by atoms with Crippen molar-refractivity contribution in [3.63, 3.8) is 0 Å². The standard InChI is InChI=1S/C11H12BrF3O2/c1-17-6-9(16)4-7-2-3-8(5-10(7)12)11(13,14)15/h2-3,5,9,16H,4,6H2,1H3. The molecular weight excluding hydrogens is 301 g/mol. The molecule has 0 saturated heterocycles. The second-order valence-corrected chi connectivity index (χ2v) is 4.47. The molecule has 1 atom stereocenters. The topological polar surface area (TPSA) is 29.5 Å². The van der Waals surface area contributed by atoms with Crippen molar-refractivity contribution in [1.29, 1.82) is 0 Å². The number of rotatable bonds is 4. The number of benzene rings is 1. The van der Waals surface area contributed by atoms with Crippen LogP contribution in [0.5, 0.6) is 0 Å². The molecule has 0 spiro atoms. The lowest BCUT2D eigenvalue weighted by Crippen LogP contribution is -2.17. The van der Waals surface area contributed by atoms with E-state index in [1.165, 1.54) is 13.2 Å². The maximum atomic E-state index is 12.4. The lowest BCUT2D eigenvalue weighted by molar-refractivity contribution is -0.137. The van der Waals surface area contributed by atoms with Crippen LogP contribution in [0.2, 0.25) is 0 Å². The van der Waals surface area contributed by atoms with Crippen molar-refractivity contribution >= 4 is 15.9 Å². The number of aliphatic hydroxyl groups excluding tert-OH is 1. The molecule has 0 aromatic heterocycles. The van der Waals surface area contributed by atoms with E-state index in [9.17, 15) is 18.3 Å². The molecule has 1 aromatic carbocycles. The molecule has 17 heavy (non-hydrogen) atoms. The molecule has 0 radical (unpaired) electrons. The van der Waals surface area contributed by atoms with Gasteiger partial charge in [-0.15, -0.1) is 0 Å². The van der Waals surface area contributed by atoms with Crippen LogP contribution in [0.15, 0.2) is 22.7 Å². The van der Waals surface area contributed by atoms with Crippen molar-refractivity contribution in [3.8, 4) is 0 Å². The monoisotopic (exact) mass is 312 g/mol. The Morgan fingerprint density at radius 2 is 2.06 bits per heavy atom. The first-order valence-electron chi connectivity index (χ1n) is 4.87. The minimum Gasteiger partial charge on any atom is -0.390 e. The fourth-order valence-corrected chi connectivity index (χ4v) is 1.94. The van der Waals surface area contributed by atoms with Crippen molar-refractivity contribution in [3.05, 3.63) is 33.8 Å². The lowest BCUT2D eigenvalue weighted by Gasteiger charge is -2.13. The highest BCUT2D eigenvalue weighted by molar-refractivity contribution is 9.10. The van der Waals surface area contributed by atoms with Gasteiger partial charge >= 0.3 is 6.18 Å². The molecule has 1 rings (SSSR count). The normalized spacial score (nSPS) is 13.8. The number of halogens is 4. The molecular formula is C11H12BrF3O2. The van der Waals surface area contributed by atoms with Gasteiger partial charge in [0.1, 0.15) is 0 Å². The first-order chi connectivity index (χ1) is 7.84. The molecule has 0 bridgehead atoms. The van der Waals surface area contributed by atoms with Crippen molar-refractivity contribution in [2.24, 2.45) is 0 Å². The van der Waals surface area contributed by atoms with Gasteiger partial charge < -0.3 is 9.84 Å². The summed E-state index contributed by atoms with van der Waals surface area (Å²) in [6, 6.07) is 3.36. The zero-order valence-corrected chi connectivity index (χ0v) is 10.7. The van der Waals surface area contributed by atoms with Gasteiger partial charge in [-0.05, 0) is 17.7 Å². The highest BCUT2D eigenvalue weighted by Gasteiger charge is 2.30. The second kappa shape index (κ2) is 5.84. The van der Waals surface area contributed by atoms with E-state index in [0.717, 1.165) is 12.1 Å². The van der Waals surface area contributed by atoms with E-state index in [1.807, 2.05) is 0 Å². The van der Waals surface area contributed by atoms with Gasteiger partial charge in [-0.25, -0.2) is 0 Å². The molecule has 96 valence electrons. The Hall–Kier alpha value is -0.590. The molecule has 0 aliphatic heterocycles. The van der Waals surface area contributed by atoms with Crippen molar-refractivity contribution < 1.29 is 23.0 Å². The Bertz CT molecular complexity index is 379. The highest BCUT2D eigenvalue weighted by atomic mass is 79.9.